The van der Waals surface area contributed by atoms with Gasteiger partial charge in [0.2, 0.25) is 0 Å². The van der Waals surface area contributed by atoms with E-state index in [9.17, 15) is 4.39 Å². The zero-order valence-corrected chi connectivity index (χ0v) is 17.8. The number of hydrogen-bond acceptors (Lipinski definition) is 1. The first-order valence-electron chi connectivity index (χ1n) is 10.1. The van der Waals surface area contributed by atoms with E-state index in [1.165, 1.54) is 5.56 Å². The average Bonchev–Trinajstić information content (AvgIpc) is 2.78. The lowest BCUT2D eigenvalue weighted by Gasteiger charge is -2.11. The van der Waals surface area contributed by atoms with E-state index in [0.29, 0.717) is 18.6 Å². The summed E-state index contributed by atoms with van der Waals surface area (Å²) in [5.41, 5.74) is 4.45. The Morgan fingerprint density at radius 3 is 2.10 bits per heavy atom. The number of rotatable bonds is 10. The van der Waals surface area contributed by atoms with Gasteiger partial charge in [0.25, 0.3) is 0 Å². The van der Waals surface area contributed by atoms with Crippen LogP contribution < -0.4 is 4.74 Å². The molecule has 0 radical (unpaired) electrons. The fourth-order valence-electron chi connectivity index (χ4n) is 3.23. The maximum atomic E-state index is 14.8. The van der Waals surface area contributed by atoms with Gasteiger partial charge in [-0.15, -0.1) is 13.2 Å². The van der Waals surface area contributed by atoms with Gasteiger partial charge in [-0.2, -0.15) is 0 Å². The number of ether oxygens (including phenoxy) is 1. The molecule has 0 bridgehead atoms. The molecule has 3 aromatic carbocycles. The Morgan fingerprint density at radius 1 is 0.800 bits per heavy atom. The second kappa shape index (κ2) is 10.8. The molecule has 0 aliphatic rings. The molecular formula is C27H26ClFO. The van der Waals surface area contributed by atoms with Crippen molar-refractivity contribution in [2.75, 3.05) is 0 Å². The Bertz CT molecular complexity index is 991. The Kier molecular flexibility index (Phi) is 7.87. The van der Waals surface area contributed by atoms with Gasteiger partial charge >= 0.3 is 0 Å². The van der Waals surface area contributed by atoms with Crippen LogP contribution in [0.25, 0.3) is 11.1 Å². The Balaban J connectivity index is 1.64. The van der Waals surface area contributed by atoms with E-state index in [2.05, 4.69) is 37.4 Å². The van der Waals surface area contributed by atoms with E-state index in [-0.39, 0.29) is 10.8 Å². The summed E-state index contributed by atoms with van der Waals surface area (Å²) in [5, 5.41) is 0.186. The lowest BCUT2D eigenvalue weighted by atomic mass is 10.0. The van der Waals surface area contributed by atoms with Crippen LogP contribution in [0.2, 0.25) is 5.02 Å². The fraction of sp³-hybridized carbons (Fsp3) is 0.185. The summed E-state index contributed by atoms with van der Waals surface area (Å²) in [6, 6.07) is 19.5. The van der Waals surface area contributed by atoms with E-state index in [0.717, 1.165) is 41.7 Å². The Labute approximate surface area is 183 Å². The smallest absolute Gasteiger partial charge is 0.149 e. The third-order valence-corrected chi connectivity index (χ3v) is 5.42. The number of hydrogen-bond donors (Lipinski definition) is 0. The fourth-order valence-corrected chi connectivity index (χ4v) is 3.49. The molecule has 3 rings (SSSR count). The predicted molar refractivity (Wildman–Crippen MR) is 125 cm³/mol. The molecule has 0 N–H and O–H groups in total. The van der Waals surface area contributed by atoms with Gasteiger partial charge in [-0.25, -0.2) is 4.39 Å². The summed E-state index contributed by atoms with van der Waals surface area (Å²) in [6.45, 7) is 7.94. The van der Waals surface area contributed by atoms with E-state index >= 15 is 0 Å². The van der Waals surface area contributed by atoms with Crippen LogP contribution in [0.15, 0.2) is 86.0 Å². The van der Waals surface area contributed by atoms with E-state index in [1.54, 1.807) is 12.1 Å². The third kappa shape index (κ3) is 5.61. The number of allylic oxidation sites excluding steroid dienone is 2. The summed E-state index contributed by atoms with van der Waals surface area (Å²) in [4.78, 5) is 0. The highest BCUT2D eigenvalue weighted by molar-refractivity contribution is 6.31. The summed E-state index contributed by atoms with van der Waals surface area (Å²) in [5.74, 6) is 0.354. The second-order valence-electron chi connectivity index (χ2n) is 7.18. The molecule has 154 valence electrons. The lowest BCUT2D eigenvalue weighted by Crippen LogP contribution is -1.96. The minimum Gasteiger partial charge on any atom is -0.489 e. The first-order chi connectivity index (χ1) is 14.6. The largest absolute Gasteiger partial charge is 0.489 e. The Morgan fingerprint density at radius 2 is 1.43 bits per heavy atom. The molecule has 0 amide bonds. The summed E-state index contributed by atoms with van der Waals surface area (Å²) < 4.78 is 20.6. The van der Waals surface area contributed by atoms with Crippen LogP contribution >= 0.6 is 11.6 Å². The molecule has 0 aliphatic carbocycles. The molecule has 3 aromatic rings. The topological polar surface area (TPSA) is 9.23 Å². The summed E-state index contributed by atoms with van der Waals surface area (Å²) in [6.07, 6.45) is 7.16. The number of aryl methyl sites for hydroxylation is 2. The molecule has 0 aliphatic heterocycles. The second-order valence-corrected chi connectivity index (χ2v) is 7.56. The number of halogens is 2. The molecule has 0 fully saturated rings. The van der Waals surface area contributed by atoms with Crippen molar-refractivity contribution in [1.29, 1.82) is 0 Å². The van der Waals surface area contributed by atoms with Crippen LogP contribution in [0.1, 0.15) is 29.5 Å². The van der Waals surface area contributed by atoms with Crippen molar-refractivity contribution in [3.8, 4) is 16.9 Å². The molecule has 1 nitrogen and oxygen atoms in total. The molecule has 0 saturated heterocycles. The van der Waals surface area contributed by atoms with Crippen molar-refractivity contribution < 1.29 is 9.13 Å². The van der Waals surface area contributed by atoms with Gasteiger partial charge in [-0.3, -0.25) is 0 Å². The normalized spacial score (nSPS) is 10.6. The van der Waals surface area contributed by atoms with Crippen molar-refractivity contribution in [3.05, 3.63) is 114 Å². The van der Waals surface area contributed by atoms with Crippen molar-refractivity contribution in [3.63, 3.8) is 0 Å². The molecule has 0 spiro atoms. The van der Waals surface area contributed by atoms with Gasteiger partial charge in [-0.1, -0.05) is 72.3 Å². The predicted octanol–water partition coefficient (Wildman–Crippen LogP) is 7.96. The molecule has 0 atom stereocenters. The molecule has 3 heteroatoms. The monoisotopic (exact) mass is 420 g/mol. The molecule has 0 saturated carbocycles. The highest BCUT2D eigenvalue weighted by Crippen LogP contribution is 2.32. The number of benzene rings is 3. The van der Waals surface area contributed by atoms with Crippen LogP contribution in [0.3, 0.4) is 0 Å². The van der Waals surface area contributed by atoms with Crippen LogP contribution in [-0.4, -0.2) is 0 Å². The van der Waals surface area contributed by atoms with E-state index in [4.69, 9.17) is 16.3 Å². The maximum Gasteiger partial charge on any atom is 0.149 e. The highest BCUT2D eigenvalue weighted by Gasteiger charge is 2.13. The summed E-state index contributed by atoms with van der Waals surface area (Å²) in [7, 11) is 0. The molecular weight excluding hydrogens is 395 g/mol. The van der Waals surface area contributed by atoms with Gasteiger partial charge in [0, 0.05) is 5.56 Å². The third-order valence-electron chi connectivity index (χ3n) is 5.01. The van der Waals surface area contributed by atoms with Crippen LogP contribution in [0, 0.1) is 5.82 Å². The van der Waals surface area contributed by atoms with Crippen LogP contribution in [0.4, 0.5) is 4.39 Å². The van der Waals surface area contributed by atoms with Crippen molar-refractivity contribution in [2.24, 2.45) is 0 Å². The zero-order chi connectivity index (χ0) is 21.3. The minimum atomic E-state index is -0.386. The van der Waals surface area contributed by atoms with Gasteiger partial charge in [0.1, 0.15) is 18.2 Å². The van der Waals surface area contributed by atoms with E-state index < -0.39 is 0 Å². The SMILES string of the molecule is C=CCCc1ccc(COc2ccc(-c3ccc(CCC=C)c(Cl)c3F)cc2)cc1. The van der Waals surface area contributed by atoms with Gasteiger partial charge in [0.05, 0.1) is 5.02 Å². The van der Waals surface area contributed by atoms with Gasteiger partial charge < -0.3 is 4.74 Å². The van der Waals surface area contributed by atoms with Gasteiger partial charge in [0.15, 0.2) is 0 Å². The van der Waals surface area contributed by atoms with Crippen molar-refractivity contribution >= 4 is 11.6 Å². The molecule has 0 aromatic heterocycles. The standard InChI is InChI=1S/C27H26ClFO/c1-3-5-7-20-9-11-21(12-10-20)19-30-24-16-13-22(14-17-24)25-18-15-23(8-6-4-2)26(28)27(25)29/h3-4,9-18H,1-2,5-8,19H2. The van der Waals surface area contributed by atoms with Crippen LogP contribution in [-0.2, 0) is 19.4 Å². The maximum absolute atomic E-state index is 14.8. The van der Waals surface area contributed by atoms with Crippen LogP contribution in [0.5, 0.6) is 5.75 Å². The Hall–Kier alpha value is -2.84. The highest BCUT2D eigenvalue weighted by atomic mass is 35.5. The molecule has 0 heterocycles. The first-order valence-corrected chi connectivity index (χ1v) is 10.5. The molecule has 0 unspecified atom stereocenters. The minimum absolute atomic E-state index is 0.186. The van der Waals surface area contributed by atoms with Crippen molar-refractivity contribution in [2.45, 2.75) is 32.3 Å². The van der Waals surface area contributed by atoms with E-state index in [1.807, 2.05) is 36.4 Å². The van der Waals surface area contributed by atoms with Gasteiger partial charge in [-0.05, 0) is 60.1 Å². The molecule has 30 heavy (non-hydrogen) atoms. The summed E-state index contributed by atoms with van der Waals surface area (Å²) >= 11 is 6.23. The lowest BCUT2D eigenvalue weighted by molar-refractivity contribution is 0.306. The quantitative estimate of drug-likeness (QED) is 0.302. The average molecular weight is 421 g/mol. The van der Waals surface area contributed by atoms with Crippen molar-refractivity contribution in [1.82, 2.24) is 0 Å². The zero-order valence-electron chi connectivity index (χ0n) is 17.0. The first kappa shape index (κ1) is 21.9.